The van der Waals surface area contributed by atoms with Crippen molar-refractivity contribution in [3.8, 4) is 0 Å². The molecule has 2 aromatic rings. The quantitative estimate of drug-likeness (QED) is 0.686. The molecular weight excluding hydrogens is 266 g/mol. The van der Waals surface area contributed by atoms with Crippen LogP contribution in [0.3, 0.4) is 0 Å². The second-order valence-electron chi connectivity index (χ2n) is 5.42. The SMILES string of the molecule is Cc1cc(C)c(C(O)Cc2ccccc2[N+](=O)[O-])c(C)c1. The number of para-hydroxylation sites is 1. The maximum atomic E-state index is 11.0. The number of aliphatic hydroxyl groups excluding tert-OH is 1. The van der Waals surface area contributed by atoms with Gasteiger partial charge in [-0.2, -0.15) is 0 Å². The van der Waals surface area contributed by atoms with Gasteiger partial charge in [-0.05, 0) is 37.5 Å². The minimum absolute atomic E-state index is 0.0546. The summed E-state index contributed by atoms with van der Waals surface area (Å²) in [5.74, 6) is 0. The van der Waals surface area contributed by atoms with Gasteiger partial charge in [0.05, 0.1) is 11.0 Å². The molecule has 0 aliphatic carbocycles. The van der Waals surface area contributed by atoms with E-state index in [9.17, 15) is 15.2 Å². The molecule has 0 fully saturated rings. The molecule has 0 saturated carbocycles. The summed E-state index contributed by atoms with van der Waals surface area (Å²) in [6.45, 7) is 5.92. The van der Waals surface area contributed by atoms with Gasteiger partial charge in [-0.25, -0.2) is 0 Å². The van der Waals surface area contributed by atoms with Gasteiger partial charge in [0.1, 0.15) is 0 Å². The van der Waals surface area contributed by atoms with E-state index in [-0.39, 0.29) is 12.1 Å². The Labute approximate surface area is 124 Å². The number of hydrogen-bond donors (Lipinski definition) is 1. The number of nitro benzene ring substituents is 1. The lowest BCUT2D eigenvalue weighted by molar-refractivity contribution is -0.385. The lowest BCUT2D eigenvalue weighted by atomic mass is 9.92. The lowest BCUT2D eigenvalue weighted by Gasteiger charge is -2.17. The number of aliphatic hydroxyl groups is 1. The first-order chi connectivity index (χ1) is 9.90. The highest BCUT2D eigenvalue weighted by molar-refractivity contribution is 5.43. The van der Waals surface area contributed by atoms with Gasteiger partial charge in [0, 0.05) is 18.1 Å². The molecule has 0 aromatic heterocycles. The van der Waals surface area contributed by atoms with Crippen LogP contribution in [0.2, 0.25) is 0 Å². The van der Waals surface area contributed by atoms with E-state index in [2.05, 4.69) is 0 Å². The third-order valence-corrected chi connectivity index (χ3v) is 3.67. The van der Waals surface area contributed by atoms with Gasteiger partial charge < -0.3 is 5.11 Å². The zero-order valence-electron chi connectivity index (χ0n) is 12.5. The van der Waals surface area contributed by atoms with Crippen molar-refractivity contribution in [3.63, 3.8) is 0 Å². The van der Waals surface area contributed by atoms with Crippen LogP contribution in [0.25, 0.3) is 0 Å². The fourth-order valence-electron chi connectivity index (χ4n) is 2.89. The van der Waals surface area contributed by atoms with Crippen molar-refractivity contribution in [2.24, 2.45) is 0 Å². The van der Waals surface area contributed by atoms with Gasteiger partial charge in [-0.1, -0.05) is 35.9 Å². The van der Waals surface area contributed by atoms with Crippen LogP contribution in [0, 0.1) is 30.9 Å². The van der Waals surface area contributed by atoms with Crippen LogP contribution in [-0.4, -0.2) is 10.0 Å². The summed E-state index contributed by atoms with van der Waals surface area (Å²) in [7, 11) is 0. The second-order valence-corrected chi connectivity index (χ2v) is 5.42. The number of aryl methyl sites for hydroxylation is 3. The molecule has 1 unspecified atom stereocenters. The number of nitrogens with zero attached hydrogens (tertiary/aromatic N) is 1. The van der Waals surface area contributed by atoms with Crippen molar-refractivity contribution in [1.82, 2.24) is 0 Å². The van der Waals surface area contributed by atoms with Gasteiger partial charge >= 0.3 is 0 Å². The Morgan fingerprint density at radius 2 is 1.71 bits per heavy atom. The van der Waals surface area contributed by atoms with Crippen molar-refractivity contribution in [3.05, 3.63) is 74.3 Å². The molecule has 0 aliphatic rings. The van der Waals surface area contributed by atoms with E-state index in [1.54, 1.807) is 18.2 Å². The summed E-state index contributed by atoms with van der Waals surface area (Å²) < 4.78 is 0. The third-order valence-electron chi connectivity index (χ3n) is 3.67. The zero-order valence-corrected chi connectivity index (χ0v) is 12.5. The van der Waals surface area contributed by atoms with Crippen LogP contribution < -0.4 is 0 Å². The minimum atomic E-state index is -0.744. The van der Waals surface area contributed by atoms with Gasteiger partial charge in [0.15, 0.2) is 0 Å². The summed E-state index contributed by atoms with van der Waals surface area (Å²) in [4.78, 5) is 10.6. The minimum Gasteiger partial charge on any atom is -0.388 e. The van der Waals surface area contributed by atoms with Gasteiger partial charge in [0.25, 0.3) is 5.69 Å². The van der Waals surface area contributed by atoms with Crippen LogP contribution in [0.1, 0.15) is 33.9 Å². The summed E-state index contributed by atoms with van der Waals surface area (Å²) in [6.07, 6.45) is -0.506. The number of nitro groups is 1. The molecule has 21 heavy (non-hydrogen) atoms. The molecule has 0 radical (unpaired) electrons. The molecule has 1 N–H and O–H groups in total. The molecule has 4 nitrogen and oxygen atoms in total. The molecule has 0 amide bonds. The largest absolute Gasteiger partial charge is 0.388 e. The molecule has 0 bridgehead atoms. The average molecular weight is 285 g/mol. The van der Waals surface area contributed by atoms with Gasteiger partial charge in [0.2, 0.25) is 0 Å². The molecule has 1 atom stereocenters. The van der Waals surface area contributed by atoms with E-state index in [0.29, 0.717) is 5.56 Å². The van der Waals surface area contributed by atoms with Crippen LogP contribution >= 0.6 is 0 Å². The lowest BCUT2D eigenvalue weighted by Crippen LogP contribution is -2.08. The van der Waals surface area contributed by atoms with Crippen molar-refractivity contribution in [1.29, 1.82) is 0 Å². The first-order valence-corrected chi connectivity index (χ1v) is 6.88. The van der Waals surface area contributed by atoms with E-state index >= 15 is 0 Å². The number of rotatable bonds is 4. The van der Waals surface area contributed by atoms with Crippen molar-refractivity contribution >= 4 is 5.69 Å². The Balaban J connectivity index is 2.35. The highest BCUT2D eigenvalue weighted by atomic mass is 16.6. The average Bonchev–Trinajstić information content (AvgIpc) is 2.37. The molecule has 2 aromatic carbocycles. The zero-order chi connectivity index (χ0) is 15.6. The third kappa shape index (κ3) is 3.28. The maximum Gasteiger partial charge on any atom is 0.272 e. The number of benzene rings is 2. The normalized spacial score (nSPS) is 12.2. The van der Waals surface area contributed by atoms with Crippen molar-refractivity contribution in [2.45, 2.75) is 33.3 Å². The molecule has 0 spiro atoms. The Morgan fingerprint density at radius 1 is 1.14 bits per heavy atom. The van der Waals surface area contributed by atoms with Crippen LogP contribution in [0.5, 0.6) is 0 Å². The van der Waals surface area contributed by atoms with E-state index in [0.717, 1.165) is 22.3 Å². The first-order valence-electron chi connectivity index (χ1n) is 6.88. The fourth-order valence-corrected chi connectivity index (χ4v) is 2.89. The molecule has 0 heterocycles. The summed E-state index contributed by atoms with van der Waals surface area (Å²) >= 11 is 0. The summed E-state index contributed by atoms with van der Waals surface area (Å²) in [6, 6.07) is 10.6. The highest BCUT2D eigenvalue weighted by Gasteiger charge is 2.19. The Bertz CT molecular complexity index is 656. The molecule has 4 heteroatoms. The predicted molar refractivity (Wildman–Crippen MR) is 82.4 cm³/mol. The smallest absolute Gasteiger partial charge is 0.272 e. The highest BCUT2D eigenvalue weighted by Crippen LogP contribution is 2.29. The van der Waals surface area contributed by atoms with Crippen molar-refractivity contribution in [2.75, 3.05) is 0 Å². The topological polar surface area (TPSA) is 63.4 Å². The molecule has 2 rings (SSSR count). The predicted octanol–water partition coefficient (Wildman–Crippen LogP) is 3.80. The van der Waals surface area contributed by atoms with Gasteiger partial charge in [-0.3, -0.25) is 10.1 Å². The Morgan fingerprint density at radius 3 is 2.29 bits per heavy atom. The fraction of sp³-hybridized carbons (Fsp3) is 0.294. The maximum absolute atomic E-state index is 11.0. The first kappa shape index (κ1) is 15.2. The van der Waals surface area contributed by atoms with Crippen LogP contribution in [-0.2, 0) is 6.42 Å². The molecular formula is C17H19NO3. The Kier molecular flexibility index (Phi) is 4.38. The van der Waals surface area contributed by atoms with E-state index in [1.165, 1.54) is 6.07 Å². The summed E-state index contributed by atoms with van der Waals surface area (Å²) in [5, 5.41) is 21.6. The molecule has 0 aliphatic heterocycles. The number of hydrogen-bond acceptors (Lipinski definition) is 3. The van der Waals surface area contributed by atoms with E-state index in [1.807, 2.05) is 32.9 Å². The molecule has 0 saturated heterocycles. The monoisotopic (exact) mass is 285 g/mol. The van der Waals surface area contributed by atoms with Gasteiger partial charge in [-0.15, -0.1) is 0 Å². The van der Waals surface area contributed by atoms with Crippen LogP contribution in [0.4, 0.5) is 5.69 Å². The standard InChI is InChI=1S/C17H19NO3/c1-11-8-12(2)17(13(3)9-11)16(19)10-14-6-4-5-7-15(14)18(20)21/h4-9,16,19H,10H2,1-3H3. The van der Waals surface area contributed by atoms with Crippen molar-refractivity contribution < 1.29 is 10.0 Å². The molecule has 110 valence electrons. The summed E-state index contributed by atoms with van der Waals surface area (Å²) in [5.41, 5.74) is 4.64. The second kappa shape index (κ2) is 6.06. The van der Waals surface area contributed by atoms with E-state index in [4.69, 9.17) is 0 Å². The van der Waals surface area contributed by atoms with Crippen LogP contribution in [0.15, 0.2) is 36.4 Å². The Hall–Kier alpha value is -2.20. The van der Waals surface area contributed by atoms with E-state index < -0.39 is 11.0 Å².